The van der Waals surface area contributed by atoms with Crippen molar-refractivity contribution in [1.82, 2.24) is 10.2 Å². The molecule has 2 aliphatic heterocycles. The van der Waals surface area contributed by atoms with Gasteiger partial charge in [-0.1, -0.05) is 31.5 Å². The van der Waals surface area contributed by atoms with Gasteiger partial charge < -0.3 is 10.2 Å². The van der Waals surface area contributed by atoms with Gasteiger partial charge in [-0.25, -0.2) is 0 Å². The zero-order chi connectivity index (χ0) is 16.8. The Balaban J connectivity index is 1.46. The van der Waals surface area contributed by atoms with Crippen LogP contribution in [0, 0.1) is 5.92 Å². The van der Waals surface area contributed by atoms with Crippen LogP contribution in [0.3, 0.4) is 0 Å². The van der Waals surface area contributed by atoms with E-state index in [0.717, 1.165) is 45.6 Å². The summed E-state index contributed by atoms with van der Waals surface area (Å²) in [6.45, 7) is 7.28. The minimum atomic E-state index is 0.102. The van der Waals surface area contributed by atoms with E-state index in [0.29, 0.717) is 5.92 Å². The van der Waals surface area contributed by atoms with Crippen LogP contribution in [0.15, 0.2) is 30.3 Å². The summed E-state index contributed by atoms with van der Waals surface area (Å²) in [5.41, 5.74) is 1.30. The maximum absolute atomic E-state index is 12.6. The van der Waals surface area contributed by atoms with Crippen LogP contribution in [0.25, 0.3) is 0 Å². The fourth-order valence-electron chi connectivity index (χ4n) is 4.08. The number of benzene rings is 1. The molecule has 2 saturated heterocycles. The minimum Gasteiger partial charge on any atom is -0.371 e. The first-order chi connectivity index (χ1) is 11.8. The number of anilines is 1. The molecule has 0 radical (unpaired) electrons. The molecule has 0 bridgehead atoms. The van der Waals surface area contributed by atoms with E-state index in [1.165, 1.54) is 24.9 Å². The summed E-state index contributed by atoms with van der Waals surface area (Å²) in [6.07, 6.45) is 5.73. The van der Waals surface area contributed by atoms with Gasteiger partial charge in [0.2, 0.25) is 5.91 Å². The Morgan fingerprint density at radius 1 is 1.17 bits per heavy atom. The van der Waals surface area contributed by atoms with Crippen molar-refractivity contribution in [2.24, 2.45) is 5.92 Å². The fraction of sp³-hybridized carbons (Fsp3) is 0.650. The largest absolute Gasteiger partial charge is 0.371 e. The van der Waals surface area contributed by atoms with Crippen molar-refractivity contribution in [3.05, 3.63) is 30.3 Å². The molecule has 2 heterocycles. The van der Waals surface area contributed by atoms with Crippen LogP contribution in [-0.4, -0.2) is 49.6 Å². The van der Waals surface area contributed by atoms with Crippen LogP contribution in [0.5, 0.6) is 0 Å². The Kier molecular flexibility index (Phi) is 6.13. The maximum Gasteiger partial charge on any atom is 0.237 e. The monoisotopic (exact) mass is 329 g/mol. The number of amides is 1. The number of likely N-dealkylation sites (tertiary alicyclic amines) is 1. The molecule has 1 amide bonds. The lowest BCUT2D eigenvalue weighted by molar-refractivity contribution is -0.127. The lowest BCUT2D eigenvalue weighted by atomic mass is 10.0. The third-order valence-corrected chi connectivity index (χ3v) is 5.40. The molecule has 2 atom stereocenters. The average molecular weight is 329 g/mol. The van der Waals surface area contributed by atoms with Crippen LogP contribution in [0.4, 0.5) is 5.69 Å². The van der Waals surface area contributed by atoms with Gasteiger partial charge in [0.05, 0.1) is 6.04 Å². The highest BCUT2D eigenvalue weighted by molar-refractivity contribution is 5.81. The number of hydrogen-bond acceptors (Lipinski definition) is 3. The normalized spacial score (nSPS) is 25.0. The second-order valence-electron chi connectivity index (χ2n) is 7.23. The molecule has 4 nitrogen and oxygen atoms in total. The minimum absolute atomic E-state index is 0.102. The van der Waals surface area contributed by atoms with Crippen molar-refractivity contribution in [1.29, 1.82) is 0 Å². The van der Waals surface area contributed by atoms with Crippen LogP contribution >= 0.6 is 0 Å². The molecule has 2 aliphatic rings. The van der Waals surface area contributed by atoms with E-state index in [4.69, 9.17) is 0 Å². The summed E-state index contributed by atoms with van der Waals surface area (Å²) >= 11 is 0. The molecule has 0 spiro atoms. The molecule has 1 aromatic carbocycles. The van der Waals surface area contributed by atoms with E-state index in [1.807, 2.05) is 0 Å². The van der Waals surface area contributed by atoms with Crippen LogP contribution in [0.2, 0.25) is 0 Å². The third-order valence-electron chi connectivity index (χ3n) is 5.40. The maximum atomic E-state index is 12.6. The highest BCUT2D eigenvalue weighted by Gasteiger charge is 2.29. The molecular formula is C20H31N3O. The van der Waals surface area contributed by atoms with Gasteiger partial charge in [-0.2, -0.15) is 0 Å². The first kappa shape index (κ1) is 17.3. The summed E-state index contributed by atoms with van der Waals surface area (Å²) in [7, 11) is 0. The molecule has 1 aromatic rings. The molecule has 3 rings (SSSR count). The molecule has 0 aliphatic carbocycles. The smallest absolute Gasteiger partial charge is 0.237 e. The Labute approximate surface area is 146 Å². The Morgan fingerprint density at radius 2 is 2.00 bits per heavy atom. The molecular weight excluding hydrogens is 298 g/mol. The van der Waals surface area contributed by atoms with Gasteiger partial charge in [0.15, 0.2) is 0 Å². The molecule has 0 unspecified atom stereocenters. The van der Waals surface area contributed by atoms with Crippen molar-refractivity contribution in [3.63, 3.8) is 0 Å². The van der Waals surface area contributed by atoms with E-state index in [9.17, 15) is 4.79 Å². The van der Waals surface area contributed by atoms with Crippen molar-refractivity contribution in [2.75, 3.05) is 37.6 Å². The number of para-hydroxylation sites is 1. The average Bonchev–Trinajstić information content (AvgIpc) is 3.10. The Bertz CT molecular complexity index is 517. The van der Waals surface area contributed by atoms with Crippen molar-refractivity contribution >= 4 is 11.6 Å². The van der Waals surface area contributed by atoms with Gasteiger partial charge in [0.25, 0.3) is 0 Å². The first-order valence-electron chi connectivity index (χ1n) is 9.59. The SMILES string of the molecule is CCCN1CCCC[C@@H]1C(=O)NC[C@@H]1CCN(c2ccccc2)C1. The molecule has 24 heavy (non-hydrogen) atoms. The van der Waals surface area contributed by atoms with E-state index in [1.54, 1.807) is 0 Å². The number of piperidine rings is 1. The predicted octanol–water partition coefficient (Wildman–Crippen LogP) is 2.89. The van der Waals surface area contributed by atoms with Gasteiger partial charge in [-0.15, -0.1) is 0 Å². The highest BCUT2D eigenvalue weighted by Crippen LogP contribution is 2.23. The van der Waals surface area contributed by atoms with Crippen LogP contribution in [0.1, 0.15) is 39.0 Å². The van der Waals surface area contributed by atoms with Crippen LogP contribution in [-0.2, 0) is 4.79 Å². The lowest BCUT2D eigenvalue weighted by Crippen LogP contribution is -2.50. The number of nitrogens with zero attached hydrogens (tertiary/aromatic N) is 2. The van der Waals surface area contributed by atoms with Gasteiger partial charge in [-0.05, 0) is 56.8 Å². The van der Waals surface area contributed by atoms with Gasteiger partial charge in [-0.3, -0.25) is 9.69 Å². The highest BCUT2D eigenvalue weighted by atomic mass is 16.2. The van der Waals surface area contributed by atoms with E-state index < -0.39 is 0 Å². The lowest BCUT2D eigenvalue weighted by Gasteiger charge is -2.34. The van der Waals surface area contributed by atoms with Gasteiger partial charge in [0.1, 0.15) is 0 Å². The second kappa shape index (κ2) is 8.52. The van der Waals surface area contributed by atoms with E-state index in [2.05, 4.69) is 52.4 Å². The fourth-order valence-corrected chi connectivity index (χ4v) is 4.08. The summed E-state index contributed by atoms with van der Waals surface area (Å²) in [4.78, 5) is 17.4. The standard InChI is InChI=1S/C20H31N3O/c1-2-12-22-13-7-6-10-19(22)20(24)21-15-17-11-14-23(16-17)18-8-4-3-5-9-18/h3-5,8-9,17,19H,2,6-7,10-16H2,1H3,(H,21,24)/t17-,19+/m0/s1. The summed E-state index contributed by atoms with van der Waals surface area (Å²) in [6, 6.07) is 10.7. The number of carbonyl (C=O) groups is 1. The topological polar surface area (TPSA) is 35.6 Å². The number of carbonyl (C=O) groups excluding carboxylic acids is 1. The van der Waals surface area contributed by atoms with Crippen molar-refractivity contribution in [3.8, 4) is 0 Å². The van der Waals surface area contributed by atoms with Crippen molar-refractivity contribution in [2.45, 2.75) is 45.1 Å². The number of rotatable bonds is 6. The summed E-state index contributed by atoms with van der Waals surface area (Å²) < 4.78 is 0. The van der Waals surface area contributed by atoms with Gasteiger partial charge >= 0.3 is 0 Å². The number of nitrogens with one attached hydrogen (secondary N) is 1. The van der Waals surface area contributed by atoms with E-state index in [-0.39, 0.29) is 11.9 Å². The molecule has 2 fully saturated rings. The molecule has 1 N–H and O–H groups in total. The van der Waals surface area contributed by atoms with E-state index >= 15 is 0 Å². The molecule has 0 aromatic heterocycles. The molecule has 132 valence electrons. The molecule has 0 saturated carbocycles. The summed E-state index contributed by atoms with van der Waals surface area (Å²) in [5, 5.41) is 3.25. The quantitative estimate of drug-likeness (QED) is 0.872. The van der Waals surface area contributed by atoms with Gasteiger partial charge in [0, 0.05) is 25.3 Å². The first-order valence-corrected chi connectivity index (χ1v) is 9.59. The second-order valence-corrected chi connectivity index (χ2v) is 7.23. The summed E-state index contributed by atoms with van der Waals surface area (Å²) in [5.74, 6) is 0.818. The Morgan fingerprint density at radius 3 is 2.79 bits per heavy atom. The predicted molar refractivity (Wildman–Crippen MR) is 99.3 cm³/mol. The van der Waals surface area contributed by atoms with Crippen LogP contribution < -0.4 is 10.2 Å². The zero-order valence-electron chi connectivity index (χ0n) is 14.9. The zero-order valence-corrected chi connectivity index (χ0v) is 14.9. The molecule has 4 heteroatoms. The number of hydrogen-bond donors (Lipinski definition) is 1. The third kappa shape index (κ3) is 4.29. The Hall–Kier alpha value is -1.55. The van der Waals surface area contributed by atoms with Crippen molar-refractivity contribution < 1.29 is 4.79 Å².